The second-order valence-electron chi connectivity index (χ2n) is 8.00. The van der Waals surface area contributed by atoms with E-state index in [0.717, 1.165) is 12.8 Å². The summed E-state index contributed by atoms with van der Waals surface area (Å²) >= 11 is 6.24. The molecule has 0 aromatic heterocycles. The third kappa shape index (κ3) is 5.59. The molecule has 2 aliphatic rings. The Balaban J connectivity index is 1.52. The van der Waals surface area contributed by atoms with Crippen LogP contribution < -0.4 is 10.6 Å². The van der Waals surface area contributed by atoms with E-state index < -0.39 is 15.9 Å². The van der Waals surface area contributed by atoms with E-state index in [2.05, 4.69) is 10.6 Å². The maximum absolute atomic E-state index is 13.1. The van der Waals surface area contributed by atoms with E-state index in [9.17, 15) is 18.0 Å². The molecule has 34 heavy (non-hydrogen) atoms. The number of nitrogens with zero attached hydrogens (tertiary/aromatic N) is 1. The quantitative estimate of drug-likeness (QED) is 0.595. The molecule has 2 aromatic carbocycles. The van der Waals surface area contributed by atoms with Crippen molar-refractivity contribution in [1.29, 1.82) is 0 Å². The zero-order valence-corrected chi connectivity index (χ0v) is 20.0. The Hall–Kier alpha value is -2.50. The second kappa shape index (κ2) is 10.8. The standard InChI is InChI=1S/C23H26ClN3O6S/c24-20-8-7-17(34(30,31)27-9-12-32-13-10-27)14-19(20)23(29)26-21-6-2-1-5-18(21)22(28)25-15-16-4-3-11-33-16/h1-2,5-8,14,16H,3-4,9-13,15H2,(H,25,28)(H,26,29). The third-order valence-corrected chi connectivity index (χ3v) is 7.95. The molecule has 2 amide bonds. The molecule has 9 nitrogen and oxygen atoms in total. The lowest BCUT2D eigenvalue weighted by Gasteiger charge is -2.26. The molecule has 11 heteroatoms. The first-order valence-corrected chi connectivity index (χ1v) is 12.9. The van der Waals surface area contributed by atoms with Crippen molar-refractivity contribution in [3.63, 3.8) is 0 Å². The van der Waals surface area contributed by atoms with Crippen molar-refractivity contribution in [3.05, 3.63) is 58.6 Å². The third-order valence-electron chi connectivity index (χ3n) is 5.72. The van der Waals surface area contributed by atoms with Gasteiger partial charge in [0, 0.05) is 26.2 Å². The molecule has 0 aliphatic carbocycles. The number of para-hydroxylation sites is 1. The van der Waals surface area contributed by atoms with Crippen molar-refractivity contribution >= 4 is 39.1 Å². The summed E-state index contributed by atoms with van der Waals surface area (Å²) in [7, 11) is -3.81. The summed E-state index contributed by atoms with van der Waals surface area (Å²) in [5.41, 5.74) is 0.558. The summed E-state index contributed by atoms with van der Waals surface area (Å²) in [5.74, 6) is -0.968. The second-order valence-corrected chi connectivity index (χ2v) is 10.3. The van der Waals surface area contributed by atoms with Crippen LogP contribution in [0.25, 0.3) is 0 Å². The largest absolute Gasteiger partial charge is 0.379 e. The maximum Gasteiger partial charge on any atom is 0.257 e. The van der Waals surface area contributed by atoms with Crippen LogP contribution in [0.3, 0.4) is 0 Å². The van der Waals surface area contributed by atoms with Crippen LogP contribution in [0.4, 0.5) is 5.69 Å². The predicted molar refractivity (Wildman–Crippen MR) is 127 cm³/mol. The number of carbonyl (C=O) groups excluding carboxylic acids is 2. The number of sulfonamides is 1. The molecular formula is C23H26ClN3O6S. The van der Waals surface area contributed by atoms with E-state index in [1.165, 1.54) is 22.5 Å². The van der Waals surface area contributed by atoms with Gasteiger partial charge >= 0.3 is 0 Å². The summed E-state index contributed by atoms with van der Waals surface area (Å²) < 4.78 is 38.0. The van der Waals surface area contributed by atoms with Crippen LogP contribution in [0.5, 0.6) is 0 Å². The number of hydrogen-bond acceptors (Lipinski definition) is 6. The van der Waals surface area contributed by atoms with Crippen molar-refractivity contribution in [2.75, 3.05) is 44.8 Å². The van der Waals surface area contributed by atoms with Crippen molar-refractivity contribution < 1.29 is 27.5 Å². The van der Waals surface area contributed by atoms with E-state index in [4.69, 9.17) is 21.1 Å². The number of carbonyl (C=O) groups is 2. The van der Waals surface area contributed by atoms with Gasteiger partial charge in [0.2, 0.25) is 10.0 Å². The molecular weight excluding hydrogens is 482 g/mol. The Kier molecular flexibility index (Phi) is 7.84. The predicted octanol–water partition coefficient (Wildman–Crippen LogP) is 2.52. The SMILES string of the molecule is O=C(Nc1ccccc1C(=O)NCC1CCCO1)c1cc(S(=O)(=O)N2CCOCC2)ccc1Cl. The Bertz CT molecular complexity index is 1160. The number of benzene rings is 2. The van der Waals surface area contributed by atoms with Gasteiger partial charge in [-0.2, -0.15) is 4.31 Å². The summed E-state index contributed by atoms with van der Waals surface area (Å²) in [4.78, 5) is 25.7. The molecule has 2 aliphatic heterocycles. The molecule has 1 atom stereocenters. The Labute approximate surface area is 203 Å². The van der Waals surface area contributed by atoms with Crippen LogP contribution in [-0.2, 0) is 19.5 Å². The Morgan fingerprint density at radius 1 is 1.03 bits per heavy atom. The van der Waals surface area contributed by atoms with Gasteiger partial charge in [0.05, 0.1) is 46.1 Å². The van der Waals surface area contributed by atoms with Gasteiger partial charge in [-0.05, 0) is 43.2 Å². The minimum atomic E-state index is -3.81. The van der Waals surface area contributed by atoms with Crippen LogP contribution in [0, 0.1) is 0 Å². The van der Waals surface area contributed by atoms with Gasteiger partial charge in [-0.15, -0.1) is 0 Å². The smallest absolute Gasteiger partial charge is 0.257 e. The molecule has 0 saturated carbocycles. The number of halogens is 1. The van der Waals surface area contributed by atoms with E-state index in [-0.39, 0.29) is 51.8 Å². The number of morpholine rings is 1. The average molecular weight is 508 g/mol. The first kappa shape index (κ1) is 24.6. The first-order chi connectivity index (χ1) is 16.4. The average Bonchev–Trinajstić information content (AvgIpc) is 3.37. The number of amides is 2. The van der Waals surface area contributed by atoms with Crippen LogP contribution in [0.1, 0.15) is 33.6 Å². The monoisotopic (exact) mass is 507 g/mol. The number of ether oxygens (including phenoxy) is 2. The normalized spacial score (nSPS) is 19.0. The molecule has 2 N–H and O–H groups in total. The van der Waals surface area contributed by atoms with Gasteiger partial charge in [0.1, 0.15) is 0 Å². The highest BCUT2D eigenvalue weighted by Gasteiger charge is 2.28. The summed E-state index contributed by atoms with van der Waals surface area (Å²) in [6, 6.07) is 10.6. The van der Waals surface area contributed by atoms with Crippen LogP contribution in [0.15, 0.2) is 47.4 Å². The zero-order valence-electron chi connectivity index (χ0n) is 18.5. The fourth-order valence-electron chi connectivity index (χ4n) is 3.86. The molecule has 2 aromatic rings. The van der Waals surface area contributed by atoms with Gasteiger partial charge in [0.15, 0.2) is 0 Å². The van der Waals surface area contributed by atoms with Gasteiger partial charge in [-0.3, -0.25) is 9.59 Å². The lowest BCUT2D eigenvalue weighted by atomic mass is 10.1. The van der Waals surface area contributed by atoms with Gasteiger partial charge < -0.3 is 20.1 Å². The lowest BCUT2D eigenvalue weighted by molar-refractivity contribution is 0.0730. The number of nitrogens with one attached hydrogen (secondary N) is 2. The molecule has 0 bridgehead atoms. The number of anilines is 1. The Morgan fingerprint density at radius 2 is 1.79 bits per heavy atom. The zero-order chi connectivity index (χ0) is 24.1. The molecule has 2 saturated heterocycles. The van der Waals surface area contributed by atoms with Crippen molar-refractivity contribution in [2.24, 2.45) is 0 Å². The number of rotatable bonds is 7. The molecule has 0 spiro atoms. The highest BCUT2D eigenvalue weighted by Crippen LogP contribution is 2.25. The molecule has 4 rings (SSSR count). The van der Waals surface area contributed by atoms with Crippen molar-refractivity contribution in [2.45, 2.75) is 23.8 Å². The highest BCUT2D eigenvalue weighted by molar-refractivity contribution is 7.89. The van der Waals surface area contributed by atoms with Gasteiger partial charge in [-0.25, -0.2) is 8.42 Å². The van der Waals surface area contributed by atoms with Crippen LogP contribution >= 0.6 is 11.6 Å². The lowest BCUT2D eigenvalue weighted by Crippen LogP contribution is -2.40. The minimum absolute atomic E-state index is 0.00873. The summed E-state index contributed by atoms with van der Waals surface area (Å²) in [6.45, 7) is 2.17. The number of hydrogen-bond donors (Lipinski definition) is 2. The van der Waals surface area contributed by atoms with Crippen molar-refractivity contribution in [3.8, 4) is 0 Å². The summed E-state index contributed by atoms with van der Waals surface area (Å²) in [5, 5.41) is 5.62. The topological polar surface area (TPSA) is 114 Å². The van der Waals surface area contributed by atoms with Gasteiger partial charge in [0.25, 0.3) is 11.8 Å². The fourth-order valence-corrected chi connectivity index (χ4v) is 5.50. The maximum atomic E-state index is 13.1. The van der Waals surface area contributed by atoms with Crippen LogP contribution in [-0.4, -0.2) is 70.1 Å². The molecule has 2 heterocycles. The van der Waals surface area contributed by atoms with E-state index in [0.29, 0.717) is 26.4 Å². The first-order valence-electron chi connectivity index (χ1n) is 11.0. The molecule has 2 fully saturated rings. The van der Waals surface area contributed by atoms with E-state index >= 15 is 0 Å². The van der Waals surface area contributed by atoms with Crippen LogP contribution in [0.2, 0.25) is 5.02 Å². The highest BCUT2D eigenvalue weighted by atomic mass is 35.5. The van der Waals surface area contributed by atoms with Gasteiger partial charge in [-0.1, -0.05) is 23.7 Å². The minimum Gasteiger partial charge on any atom is -0.379 e. The molecule has 0 radical (unpaired) electrons. The fraction of sp³-hybridized carbons (Fsp3) is 0.391. The summed E-state index contributed by atoms with van der Waals surface area (Å²) in [6.07, 6.45) is 1.84. The molecule has 182 valence electrons. The van der Waals surface area contributed by atoms with Crippen molar-refractivity contribution in [1.82, 2.24) is 9.62 Å². The Morgan fingerprint density at radius 3 is 2.53 bits per heavy atom. The van der Waals surface area contributed by atoms with E-state index in [1.807, 2.05) is 0 Å². The molecule has 1 unspecified atom stereocenters. The van der Waals surface area contributed by atoms with E-state index in [1.54, 1.807) is 24.3 Å².